The van der Waals surface area contributed by atoms with Crippen LogP contribution in [0.25, 0.3) is 0 Å². The molecule has 5 nitrogen and oxygen atoms in total. The van der Waals surface area contributed by atoms with Crippen LogP contribution in [0.1, 0.15) is 22.1 Å². The number of benzene rings is 1. The molecule has 0 radical (unpaired) electrons. The van der Waals surface area contributed by atoms with Gasteiger partial charge < -0.3 is 9.84 Å². The smallest absolute Gasteiger partial charge is 0.252 e. The molecule has 6 heteroatoms. The fourth-order valence-corrected chi connectivity index (χ4v) is 1.93. The van der Waals surface area contributed by atoms with Crippen LogP contribution in [0.4, 0.5) is 0 Å². The number of amides is 1. The van der Waals surface area contributed by atoms with E-state index in [9.17, 15) is 4.79 Å². The molecular weight excluding hydrogens is 298 g/mol. The van der Waals surface area contributed by atoms with Gasteiger partial charge in [-0.3, -0.25) is 4.79 Å². The normalized spacial score (nSPS) is 10.3. The minimum Gasteiger partial charge on any atom is -0.351 e. The highest BCUT2D eigenvalue weighted by atomic mass is 79.9. The van der Waals surface area contributed by atoms with Gasteiger partial charge in [0.05, 0.1) is 5.56 Å². The van der Waals surface area contributed by atoms with E-state index in [4.69, 9.17) is 4.52 Å². The molecule has 94 valence electrons. The first kappa shape index (κ1) is 12.8. The number of aromatic nitrogens is 2. The van der Waals surface area contributed by atoms with Crippen molar-refractivity contribution in [1.29, 1.82) is 0 Å². The van der Waals surface area contributed by atoms with Gasteiger partial charge in [-0.2, -0.15) is 4.98 Å². The summed E-state index contributed by atoms with van der Waals surface area (Å²) in [6.45, 7) is 2.22. The number of rotatable bonds is 4. The van der Waals surface area contributed by atoms with Crippen LogP contribution >= 0.6 is 15.9 Å². The standard InChI is InChI=1S/C12H12BrN3O2/c1-8-15-11(18-16-8)6-7-14-12(17)9-4-2-3-5-10(9)13/h2-5H,6-7H2,1H3,(H,14,17). The van der Waals surface area contributed by atoms with Crippen LogP contribution in [0.3, 0.4) is 0 Å². The zero-order valence-electron chi connectivity index (χ0n) is 9.81. The average Bonchev–Trinajstić information content (AvgIpc) is 2.75. The first-order chi connectivity index (χ1) is 8.66. The van der Waals surface area contributed by atoms with Crippen LogP contribution in [0.2, 0.25) is 0 Å². The van der Waals surface area contributed by atoms with E-state index in [1.165, 1.54) is 0 Å². The summed E-state index contributed by atoms with van der Waals surface area (Å²) in [5.74, 6) is 1.00. The number of carbonyl (C=O) groups excluding carboxylic acids is 1. The zero-order valence-corrected chi connectivity index (χ0v) is 11.4. The van der Waals surface area contributed by atoms with Crippen molar-refractivity contribution in [2.45, 2.75) is 13.3 Å². The number of halogens is 1. The largest absolute Gasteiger partial charge is 0.351 e. The summed E-state index contributed by atoms with van der Waals surface area (Å²) in [5, 5.41) is 6.48. The Kier molecular flexibility index (Phi) is 4.09. The number of nitrogens with zero attached hydrogens (tertiary/aromatic N) is 2. The highest BCUT2D eigenvalue weighted by Gasteiger charge is 2.09. The molecule has 1 amide bonds. The molecule has 1 aromatic carbocycles. The summed E-state index contributed by atoms with van der Waals surface area (Å²) in [6, 6.07) is 7.27. The molecule has 0 saturated carbocycles. The van der Waals surface area contributed by atoms with Crippen molar-refractivity contribution < 1.29 is 9.32 Å². The highest BCUT2D eigenvalue weighted by Crippen LogP contribution is 2.15. The van der Waals surface area contributed by atoms with E-state index >= 15 is 0 Å². The van der Waals surface area contributed by atoms with Gasteiger partial charge in [-0.25, -0.2) is 0 Å². The maximum atomic E-state index is 11.9. The van der Waals surface area contributed by atoms with Gasteiger partial charge in [0.25, 0.3) is 5.91 Å². The second kappa shape index (κ2) is 5.77. The molecule has 0 aliphatic carbocycles. The van der Waals surface area contributed by atoms with Gasteiger partial charge in [0.1, 0.15) is 0 Å². The van der Waals surface area contributed by atoms with Crippen LogP contribution in [0, 0.1) is 6.92 Å². The van der Waals surface area contributed by atoms with E-state index in [0.29, 0.717) is 30.2 Å². The number of carbonyl (C=O) groups is 1. The molecule has 1 N–H and O–H groups in total. The fraction of sp³-hybridized carbons (Fsp3) is 0.250. The molecule has 0 aliphatic rings. The SMILES string of the molecule is Cc1noc(CCNC(=O)c2ccccc2Br)n1. The van der Waals surface area contributed by atoms with E-state index < -0.39 is 0 Å². The number of nitrogens with one attached hydrogen (secondary N) is 1. The van der Waals surface area contributed by atoms with Gasteiger partial charge in [-0.05, 0) is 35.0 Å². The lowest BCUT2D eigenvalue weighted by atomic mass is 10.2. The van der Waals surface area contributed by atoms with E-state index in [0.717, 1.165) is 4.47 Å². The predicted octanol–water partition coefficient (Wildman–Crippen LogP) is 2.11. The van der Waals surface area contributed by atoms with Gasteiger partial charge >= 0.3 is 0 Å². The molecular formula is C12H12BrN3O2. The Labute approximate surface area is 113 Å². The molecule has 1 aromatic heterocycles. The topological polar surface area (TPSA) is 68.0 Å². The predicted molar refractivity (Wildman–Crippen MR) is 69.2 cm³/mol. The molecule has 2 aromatic rings. The number of hydrogen-bond acceptors (Lipinski definition) is 4. The molecule has 0 saturated heterocycles. The minimum atomic E-state index is -0.126. The molecule has 0 fully saturated rings. The molecule has 0 aliphatic heterocycles. The molecule has 0 spiro atoms. The number of aryl methyl sites for hydroxylation is 1. The molecule has 0 bridgehead atoms. The lowest BCUT2D eigenvalue weighted by Gasteiger charge is -2.05. The lowest BCUT2D eigenvalue weighted by molar-refractivity contribution is 0.0952. The van der Waals surface area contributed by atoms with Crippen molar-refractivity contribution in [3.05, 3.63) is 46.0 Å². The Morgan fingerprint density at radius 1 is 1.44 bits per heavy atom. The highest BCUT2D eigenvalue weighted by molar-refractivity contribution is 9.10. The second-order valence-electron chi connectivity index (χ2n) is 3.72. The Morgan fingerprint density at radius 3 is 2.89 bits per heavy atom. The van der Waals surface area contributed by atoms with E-state index in [1.54, 1.807) is 13.0 Å². The molecule has 18 heavy (non-hydrogen) atoms. The van der Waals surface area contributed by atoms with Crippen LogP contribution < -0.4 is 5.32 Å². The van der Waals surface area contributed by atoms with Gasteiger partial charge in [-0.15, -0.1) is 0 Å². The monoisotopic (exact) mass is 309 g/mol. The molecule has 2 rings (SSSR count). The van der Waals surface area contributed by atoms with Crippen molar-refractivity contribution in [1.82, 2.24) is 15.5 Å². The van der Waals surface area contributed by atoms with Gasteiger partial charge in [0.2, 0.25) is 5.89 Å². The van der Waals surface area contributed by atoms with E-state index in [2.05, 4.69) is 31.4 Å². The quantitative estimate of drug-likeness (QED) is 0.939. The van der Waals surface area contributed by atoms with Crippen LogP contribution in [0.5, 0.6) is 0 Å². The summed E-state index contributed by atoms with van der Waals surface area (Å²) in [4.78, 5) is 15.9. The molecule has 1 heterocycles. The van der Waals surface area contributed by atoms with Crippen molar-refractivity contribution in [3.8, 4) is 0 Å². The Hall–Kier alpha value is -1.69. The van der Waals surface area contributed by atoms with Crippen molar-refractivity contribution in [2.24, 2.45) is 0 Å². The second-order valence-corrected chi connectivity index (χ2v) is 4.58. The first-order valence-corrected chi connectivity index (χ1v) is 6.28. The number of hydrogen-bond donors (Lipinski definition) is 1. The zero-order chi connectivity index (χ0) is 13.0. The maximum absolute atomic E-state index is 11.9. The molecule has 0 atom stereocenters. The van der Waals surface area contributed by atoms with Crippen molar-refractivity contribution >= 4 is 21.8 Å². The summed E-state index contributed by atoms with van der Waals surface area (Å²) in [7, 11) is 0. The average molecular weight is 310 g/mol. The summed E-state index contributed by atoms with van der Waals surface area (Å²) < 4.78 is 5.73. The third-order valence-corrected chi connectivity index (χ3v) is 3.00. The third-order valence-electron chi connectivity index (χ3n) is 2.31. The Bertz CT molecular complexity index is 554. The van der Waals surface area contributed by atoms with Gasteiger partial charge in [-0.1, -0.05) is 17.3 Å². The third kappa shape index (κ3) is 3.16. The summed E-state index contributed by atoms with van der Waals surface area (Å²) in [5.41, 5.74) is 0.610. The summed E-state index contributed by atoms with van der Waals surface area (Å²) >= 11 is 3.34. The van der Waals surface area contributed by atoms with E-state index in [-0.39, 0.29) is 5.91 Å². The lowest BCUT2D eigenvalue weighted by Crippen LogP contribution is -2.26. The van der Waals surface area contributed by atoms with E-state index in [1.807, 2.05) is 18.2 Å². The summed E-state index contributed by atoms with van der Waals surface area (Å²) in [6.07, 6.45) is 0.525. The Morgan fingerprint density at radius 2 is 2.22 bits per heavy atom. The molecule has 0 unspecified atom stereocenters. The van der Waals surface area contributed by atoms with Crippen LogP contribution in [0.15, 0.2) is 33.3 Å². The maximum Gasteiger partial charge on any atom is 0.252 e. The first-order valence-electron chi connectivity index (χ1n) is 5.49. The van der Waals surface area contributed by atoms with Gasteiger partial charge in [0.15, 0.2) is 5.82 Å². The Balaban J connectivity index is 1.87. The fourth-order valence-electron chi connectivity index (χ4n) is 1.47. The minimum absolute atomic E-state index is 0.126. The van der Waals surface area contributed by atoms with Crippen molar-refractivity contribution in [2.75, 3.05) is 6.54 Å². The van der Waals surface area contributed by atoms with Crippen molar-refractivity contribution in [3.63, 3.8) is 0 Å². The van der Waals surface area contributed by atoms with Crippen LogP contribution in [-0.2, 0) is 6.42 Å². The van der Waals surface area contributed by atoms with Gasteiger partial charge in [0, 0.05) is 17.4 Å². The van der Waals surface area contributed by atoms with Crippen LogP contribution in [-0.4, -0.2) is 22.6 Å².